The Bertz CT molecular complexity index is 511. The zero-order chi connectivity index (χ0) is 10.3. The Labute approximate surface area is 81.6 Å². The number of para-hydroxylation sites is 1. The van der Waals surface area contributed by atoms with Gasteiger partial charge in [0.1, 0.15) is 0 Å². The molecule has 0 amide bonds. The fourth-order valence-corrected chi connectivity index (χ4v) is 1.78. The van der Waals surface area contributed by atoms with Crippen LogP contribution in [0.1, 0.15) is 16.1 Å². The molecule has 0 radical (unpaired) electrons. The average molecular weight is 188 g/mol. The molecule has 1 aromatic heterocycles. The van der Waals surface area contributed by atoms with Crippen molar-refractivity contribution in [2.75, 3.05) is 0 Å². The number of aromatic carboxylic acids is 1. The van der Waals surface area contributed by atoms with Crippen LogP contribution in [0.2, 0.25) is 0 Å². The first-order valence-corrected chi connectivity index (χ1v) is 4.38. The normalized spacial score (nSPS) is 10.7. The molecule has 0 aliphatic rings. The van der Waals surface area contributed by atoms with Crippen molar-refractivity contribution in [1.29, 1.82) is 0 Å². The van der Waals surface area contributed by atoms with Gasteiger partial charge in [-0.3, -0.25) is 0 Å². The number of nitrogens with zero attached hydrogens (tertiary/aromatic N) is 1. The highest BCUT2D eigenvalue weighted by Gasteiger charge is 2.11. The van der Waals surface area contributed by atoms with Crippen molar-refractivity contribution in [3.05, 3.63) is 35.5 Å². The third kappa shape index (κ3) is 1.02. The second kappa shape index (κ2) is 2.87. The largest absolute Gasteiger partial charge is 0.545 e. The van der Waals surface area contributed by atoms with Crippen LogP contribution in [0.25, 0.3) is 10.9 Å². The summed E-state index contributed by atoms with van der Waals surface area (Å²) in [5.41, 5.74) is 1.94. The zero-order valence-electron chi connectivity index (χ0n) is 8.07. The molecule has 0 saturated carbocycles. The summed E-state index contributed by atoms with van der Waals surface area (Å²) in [4.78, 5) is 10.9. The number of carboxylic acids is 1. The molecule has 72 valence electrons. The minimum atomic E-state index is -1.11. The van der Waals surface area contributed by atoms with Gasteiger partial charge in [0.05, 0.1) is 5.97 Å². The summed E-state index contributed by atoms with van der Waals surface area (Å²) in [7, 11) is 1.85. The maximum Gasteiger partial charge on any atom is 0.0739 e. The van der Waals surface area contributed by atoms with Gasteiger partial charge in [-0.05, 0) is 13.0 Å². The van der Waals surface area contributed by atoms with Crippen LogP contribution in [0.3, 0.4) is 0 Å². The molecule has 1 aromatic carbocycles. The Morgan fingerprint density at radius 2 is 2.00 bits per heavy atom. The molecule has 0 aliphatic heterocycles. The van der Waals surface area contributed by atoms with Crippen molar-refractivity contribution >= 4 is 16.9 Å². The molecule has 0 bridgehead atoms. The third-order valence-corrected chi connectivity index (χ3v) is 2.60. The number of rotatable bonds is 1. The second-order valence-electron chi connectivity index (χ2n) is 3.32. The van der Waals surface area contributed by atoms with Crippen LogP contribution in [0, 0.1) is 6.92 Å². The van der Waals surface area contributed by atoms with Crippen LogP contribution >= 0.6 is 0 Å². The van der Waals surface area contributed by atoms with E-state index < -0.39 is 5.97 Å². The third-order valence-electron chi connectivity index (χ3n) is 2.60. The number of fused-ring (bicyclic) bond motifs is 1. The van der Waals surface area contributed by atoms with Crippen LogP contribution in [0.15, 0.2) is 24.3 Å². The van der Waals surface area contributed by atoms with Crippen molar-refractivity contribution in [3.8, 4) is 0 Å². The lowest BCUT2D eigenvalue weighted by atomic mass is 10.1. The van der Waals surface area contributed by atoms with E-state index in [4.69, 9.17) is 0 Å². The van der Waals surface area contributed by atoms with Gasteiger partial charge in [-0.2, -0.15) is 0 Å². The summed E-state index contributed by atoms with van der Waals surface area (Å²) < 4.78 is 1.86. The van der Waals surface area contributed by atoms with Gasteiger partial charge in [0.15, 0.2) is 0 Å². The molecule has 0 aliphatic carbocycles. The number of hydrogen-bond acceptors (Lipinski definition) is 2. The maximum absolute atomic E-state index is 10.9. The van der Waals surface area contributed by atoms with E-state index in [2.05, 4.69) is 0 Å². The fourth-order valence-electron chi connectivity index (χ4n) is 1.78. The Morgan fingerprint density at radius 3 is 2.64 bits per heavy atom. The molecule has 3 heteroatoms. The van der Waals surface area contributed by atoms with E-state index >= 15 is 0 Å². The van der Waals surface area contributed by atoms with Gasteiger partial charge in [-0.1, -0.05) is 18.2 Å². The van der Waals surface area contributed by atoms with Gasteiger partial charge < -0.3 is 14.5 Å². The van der Waals surface area contributed by atoms with Crippen LogP contribution in [-0.2, 0) is 7.05 Å². The molecule has 0 N–H and O–H groups in total. The predicted molar refractivity (Wildman–Crippen MR) is 52.0 cm³/mol. The van der Waals surface area contributed by atoms with Crippen LogP contribution in [-0.4, -0.2) is 10.5 Å². The quantitative estimate of drug-likeness (QED) is 0.666. The fraction of sp³-hybridized carbons (Fsp3) is 0.182. The van der Waals surface area contributed by atoms with E-state index in [0.717, 1.165) is 16.6 Å². The second-order valence-corrected chi connectivity index (χ2v) is 3.32. The van der Waals surface area contributed by atoms with Crippen molar-refractivity contribution in [1.82, 2.24) is 4.57 Å². The van der Waals surface area contributed by atoms with Crippen molar-refractivity contribution < 1.29 is 9.90 Å². The number of benzene rings is 1. The lowest BCUT2D eigenvalue weighted by Crippen LogP contribution is -2.23. The van der Waals surface area contributed by atoms with Crippen LogP contribution in [0.4, 0.5) is 0 Å². The molecule has 2 rings (SSSR count). The van der Waals surface area contributed by atoms with Crippen LogP contribution in [0.5, 0.6) is 0 Å². The summed E-state index contributed by atoms with van der Waals surface area (Å²) >= 11 is 0. The molecule has 0 spiro atoms. The molecule has 14 heavy (non-hydrogen) atoms. The molecule has 2 aromatic rings. The minimum absolute atomic E-state index is 0.295. The summed E-state index contributed by atoms with van der Waals surface area (Å²) in [6, 6.07) is 7.41. The van der Waals surface area contributed by atoms with Gasteiger partial charge in [-0.15, -0.1) is 0 Å². The Morgan fingerprint density at radius 1 is 1.36 bits per heavy atom. The maximum atomic E-state index is 10.9. The van der Waals surface area contributed by atoms with E-state index in [-0.39, 0.29) is 0 Å². The van der Waals surface area contributed by atoms with Crippen molar-refractivity contribution in [2.24, 2.45) is 7.05 Å². The summed E-state index contributed by atoms with van der Waals surface area (Å²) in [5.74, 6) is -1.11. The highest BCUT2D eigenvalue weighted by atomic mass is 16.4. The van der Waals surface area contributed by atoms with Crippen molar-refractivity contribution in [3.63, 3.8) is 0 Å². The van der Waals surface area contributed by atoms with Gasteiger partial charge in [-0.25, -0.2) is 0 Å². The van der Waals surface area contributed by atoms with E-state index in [0.29, 0.717) is 5.56 Å². The van der Waals surface area contributed by atoms with Crippen LogP contribution < -0.4 is 5.11 Å². The molecule has 0 fully saturated rings. The molecule has 1 heterocycles. The first-order chi connectivity index (χ1) is 6.63. The minimum Gasteiger partial charge on any atom is -0.545 e. The molecule has 3 nitrogen and oxygen atoms in total. The monoisotopic (exact) mass is 188 g/mol. The topological polar surface area (TPSA) is 45.1 Å². The summed E-state index contributed by atoms with van der Waals surface area (Å²) in [6.07, 6.45) is 0. The van der Waals surface area contributed by atoms with Gasteiger partial charge in [0, 0.05) is 29.2 Å². The average Bonchev–Trinajstić information content (AvgIpc) is 2.41. The van der Waals surface area contributed by atoms with Gasteiger partial charge in [0.2, 0.25) is 0 Å². The molecular formula is C11H10NO2-. The zero-order valence-corrected chi connectivity index (χ0v) is 8.07. The van der Waals surface area contributed by atoms with Crippen molar-refractivity contribution in [2.45, 2.75) is 6.92 Å². The number of carbonyl (C=O) groups is 1. The number of carboxylic acid groups (broad SMARTS) is 1. The molecular weight excluding hydrogens is 178 g/mol. The summed E-state index contributed by atoms with van der Waals surface area (Å²) in [5, 5.41) is 11.7. The number of aromatic nitrogens is 1. The van der Waals surface area contributed by atoms with Gasteiger partial charge in [0.25, 0.3) is 0 Å². The standard InChI is InChI=1S/C11H11NO2/c1-7-10(11(13)14)8-5-3-4-6-9(8)12(7)2/h3-6H,1-2H3,(H,13,14)/p-1. The lowest BCUT2D eigenvalue weighted by Gasteiger charge is -2.02. The first kappa shape index (κ1) is 8.81. The van der Waals surface area contributed by atoms with E-state index in [1.807, 2.05) is 29.8 Å². The molecule has 0 atom stereocenters. The highest BCUT2D eigenvalue weighted by molar-refractivity contribution is 6.04. The number of aryl methyl sites for hydroxylation is 1. The van der Waals surface area contributed by atoms with E-state index in [9.17, 15) is 9.90 Å². The SMILES string of the molecule is Cc1c(C(=O)[O-])c2ccccc2n1C. The Kier molecular flexibility index (Phi) is 1.81. The van der Waals surface area contributed by atoms with Gasteiger partial charge >= 0.3 is 0 Å². The Balaban J connectivity index is 2.95. The highest BCUT2D eigenvalue weighted by Crippen LogP contribution is 2.23. The van der Waals surface area contributed by atoms with E-state index in [1.165, 1.54) is 0 Å². The smallest absolute Gasteiger partial charge is 0.0739 e. The molecule has 0 unspecified atom stereocenters. The number of carbonyl (C=O) groups excluding carboxylic acids is 1. The number of hydrogen-bond donors (Lipinski definition) is 0. The van der Waals surface area contributed by atoms with E-state index in [1.54, 1.807) is 13.0 Å². The Hall–Kier alpha value is -1.77. The lowest BCUT2D eigenvalue weighted by molar-refractivity contribution is -0.254. The predicted octanol–water partition coefficient (Wildman–Crippen LogP) is 0.850. The molecule has 0 saturated heterocycles. The summed E-state index contributed by atoms with van der Waals surface area (Å²) in [6.45, 7) is 1.78. The first-order valence-electron chi connectivity index (χ1n) is 4.38.